The Morgan fingerprint density at radius 2 is 1.69 bits per heavy atom. The molecule has 0 unspecified atom stereocenters. The molecule has 5 rings (SSSR count). The Balaban J connectivity index is 1.30. The molecule has 0 radical (unpaired) electrons. The summed E-state index contributed by atoms with van der Waals surface area (Å²) in [7, 11) is 0. The van der Waals surface area contributed by atoms with Crippen LogP contribution < -0.4 is 5.32 Å². The largest absolute Gasteiger partial charge is 0.348 e. The van der Waals surface area contributed by atoms with E-state index in [9.17, 15) is 9.18 Å². The monoisotopic (exact) mass is 496 g/mol. The van der Waals surface area contributed by atoms with Gasteiger partial charge in [-0.2, -0.15) is 0 Å². The minimum Gasteiger partial charge on any atom is -0.348 e. The number of aryl methyl sites for hydroxylation is 1. The van der Waals surface area contributed by atoms with Crippen LogP contribution in [0, 0.1) is 12.7 Å². The van der Waals surface area contributed by atoms with Gasteiger partial charge in [0.25, 0.3) is 5.91 Å². The van der Waals surface area contributed by atoms with Crippen molar-refractivity contribution in [1.82, 2.24) is 19.9 Å². The molecule has 1 N–H and O–H groups in total. The number of halogens is 1. The highest BCUT2D eigenvalue weighted by Crippen LogP contribution is 2.27. The standard InChI is InChI=1S/C29H25FN4OS/c1-20-8-10-21(11-9-20)17-32-28(35)23-14-12-22(13-15-23)18-34-27-26(7-4-16-31-27)33-29(34)36-19-24-5-2-3-6-25(24)30/h2-16H,17-19H2,1H3,(H,32,35). The number of aromatic nitrogens is 3. The topological polar surface area (TPSA) is 59.8 Å². The summed E-state index contributed by atoms with van der Waals surface area (Å²) in [5.74, 6) is 0.135. The third-order valence-electron chi connectivity index (χ3n) is 5.91. The van der Waals surface area contributed by atoms with E-state index in [0.29, 0.717) is 30.0 Å². The lowest BCUT2D eigenvalue weighted by atomic mass is 10.1. The number of benzene rings is 3. The number of rotatable bonds is 8. The van der Waals surface area contributed by atoms with Gasteiger partial charge in [0.15, 0.2) is 10.8 Å². The SMILES string of the molecule is Cc1ccc(CNC(=O)c2ccc(Cn3c(SCc4ccccc4F)nc4cccnc43)cc2)cc1. The highest BCUT2D eigenvalue weighted by Gasteiger charge is 2.14. The molecule has 3 aromatic carbocycles. The van der Waals surface area contributed by atoms with Crippen LogP contribution in [0.15, 0.2) is 96.3 Å². The second kappa shape index (κ2) is 10.7. The molecule has 36 heavy (non-hydrogen) atoms. The van der Waals surface area contributed by atoms with Gasteiger partial charge in [0.2, 0.25) is 0 Å². The van der Waals surface area contributed by atoms with Crippen LogP contribution in [0.5, 0.6) is 0 Å². The second-order valence-electron chi connectivity index (χ2n) is 8.57. The summed E-state index contributed by atoms with van der Waals surface area (Å²) < 4.78 is 16.2. The molecule has 0 aliphatic rings. The molecule has 5 aromatic rings. The zero-order valence-electron chi connectivity index (χ0n) is 19.8. The van der Waals surface area contributed by atoms with Gasteiger partial charge < -0.3 is 5.32 Å². The Morgan fingerprint density at radius 3 is 2.47 bits per heavy atom. The molecule has 0 saturated carbocycles. The molecular formula is C29H25FN4OS. The summed E-state index contributed by atoms with van der Waals surface area (Å²) in [5, 5.41) is 3.74. The second-order valence-corrected chi connectivity index (χ2v) is 9.51. The number of hydrogen-bond acceptors (Lipinski definition) is 4. The van der Waals surface area contributed by atoms with Crippen molar-refractivity contribution in [1.29, 1.82) is 0 Å². The van der Waals surface area contributed by atoms with Crippen LogP contribution in [0.2, 0.25) is 0 Å². The van der Waals surface area contributed by atoms with Gasteiger partial charge in [-0.05, 0) is 53.9 Å². The van der Waals surface area contributed by atoms with Crippen molar-refractivity contribution in [2.24, 2.45) is 0 Å². The van der Waals surface area contributed by atoms with Gasteiger partial charge in [0.1, 0.15) is 11.3 Å². The van der Waals surface area contributed by atoms with Crippen molar-refractivity contribution >= 4 is 28.8 Å². The first-order valence-corrected chi connectivity index (χ1v) is 12.7. The number of thioether (sulfide) groups is 1. The van der Waals surface area contributed by atoms with Crippen molar-refractivity contribution in [3.05, 3.63) is 125 Å². The molecule has 2 aromatic heterocycles. The van der Waals surface area contributed by atoms with Gasteiger partial charge in [-0.3, -0.25) is 9.36 Å². The highest BCUT2D eigenvalue weighted by atomic mass is 32.2. The van der Waals surface area contributed by atoms with Crippen LogP contribution in [0.4, 0.5) is 4.39 Å². The van der Waals surface area contributed by atoms with Gasteiger partial charge in [-0.15, -0.1) is 0 Å². The van der Waals surface area contributed by atoms with E-state index in [1.807, 2.05) is 78.2 Å². The van der Waals surface area contributed by atoms with E-state index in [4.69, 9.17) is 4.98 Å². The number of imidazole rings is 1. The summed E-state index contributed by atoms with van der Waals surface area (Å²) in [5.41, 5.74) is 6.07. The fourth-order valence-electron chi connectivity index (χ4n) is 3.88. The molecule has 180 valence electrons. The van der Waals surface area contributed by atoms with Crippen molar-refractivity contribution in [2.75, 3.05) is 0 Å². The summed E-state index contributed by atoms with van der Waals surface area (Å²) in [4.78, 5) is 21.9. The molecule has 0 spiro atoms. The number of carbonyl (C=O) groups is 1. The molecule has 0 aliphatic heterocycles. The number of amides is 1. The summed E-state index contributed by atoms with van der Waals surface area (Å²) >= 11 is 1.48. The summed E-state index contributed by atoms with van der Waals surface area (Å²) in [6, 6.07) is 26.2. The molecular weight excluding hydrogens is 471 g/mol. The van der Waals surface area contributed by atoms with Crippen LogP contribution >= 0.6 is 11.8 Å². The van der Waals surface area contributed by atoms with E-state index in [1.165, 1.54) is 23.4 Å². The first kappa shape index (κ1) is 23.8. The lowest BCUT2D eigenvalue weighted by Crippen LogP contribution is -2.22. The zero-order valence-corrected chi connectivity index (χ0v) is 20.6. The van der Waals surface area contributed by atoms with Gasteiger partial charge >= 0.3 is 0 Å². The number of hydrogen-bond donors (Lipinski definition) is 1. The molecule has 2 heterocycles. The fraction of sp³-hybridized carbons (Fsp3) is 0.138. The Hall–Kier alpha value is -3.97. The van der Waals surface area contributed by atoms with E-state index < -0.39 is 0 Å². The zero-order chi connectivity index (χ0) is 24.9. The fourth-order valence-corrected chi connectivity index (χ4v) is 4.87. The molecule has 0 fully saturated rings. The maximum Gasteiger partial charge on any atom is 0.251 e. The van der Waals surface area contributed by atoms with E-state index in [0.717, 1.165) is 27.4 Å². The van der Waals surface area contributed by atoms with Crippen LogP contribution in [0.3, 0.4) is 0 Å². The first-order valence-electron chi connectivity index (χ1n) is 11.7. The smallest absolute Gasteiger partial charge is 0.251 e. The van der Waals surface area contributed by atoms with Crippen molar-refractivity contribution < 1.29 is 9.18 Å². The summed E-state index contributed by atoms with van der Waals surface area (Å²) in [6.07, 6.45) is 1.74. The van der Waals surface area contributed by atoms with Crippen molar-refractivity contribution in [3.8, 4) is 0 Å². The van der Waals surface area contributed by atoms with Gasteiger partial charge in [-0.1, -0.05) is 71.9 Å². The predicted octanol–water partition coefficient (Wildman–Crippen LogP) is 6.15. The Bertz CT molecular complexity index is 1500. The normalized spacial score (nSPS) is 11.1. The third kappa shape index (κ3) is 5.47. The molecule has 1 amide bonds. The lowest BCUT2D eigenvalue weighted by molar-refractivity contribution is 0.0951. The Kier molecular flexibility index (Phi) is 7.09. The third-order valence-corrected chi connectivity index (χ3v) is 6.94. The minimum absolute atomic E-state index is 0.113. The predicted molar refractivity (Wildman–Crippen MR) is 141 cm³/mol. The van der Waals surface area contributed by atoms with E-state index >= 15 is 0 Å². The minimum atomic E-state index is -0.220. The van der Waals surface area contributed by atoms with E-state index in [1.54, 1.807) is 18.3 Å². The van der Waals surface area contributed by atoms with Gasteiger partial charge in [-0.25, -0.2) is 14.4 Å². The maximum atomic E-state index is 14.1. The molecule has 0 aliphatic carbocycles. The number of pyridine rings is 1. The van der Waals surface area contributed by atoms with Crippen LogP contribution in [0.25, 0.3) is 11.2 Å². The highest BCUT2D eigenvalue weighted by molar-refractivity contribution is 7.98. The molecule has 0 bridgehead atoms. The van der Waals surface area contributed by atoms with Crippen LogP contribution in [-0.4, -0.2) is 20.4 Å². The molecule has 7 heteroatoms. The molecule has 0 atom stereocenters. The number of nitrogens with zero attached hydrogens (tertiary/aromatic N) is 3. The average molecular weight is 497 g/mol. The van der Waals surface area contributed by atoms with Crippen molar-refractivity contribution in [2.45, 2.75) is 30.9 Å². The van der Waals surface area contributed by atoms with Gasteiger partial charge in [0.05, 0.1) is 6.54 Å². The van der Waals surface area contributed by atoms with E-state index in [-0.39, 0.29) is 11.7 Å². The number of fused-ring (bicyclic) bond motifs is 1. The average Bonchev–Trinajstić information content (AvgIpc) is 3.25. The number of nitrogens with one attached hydrogen (secondary N) is 1. The first-order chi connectivity index (χ1) is 17.6. The van der Waals surface area contributed by atoms with Crippen LogP contribution in [-0.2, 0) is 18.8 Å². The summed E-state index contributed by atoms with van der Waals surface area (Å²) in [6.45, 7) is 3.06. The Morgan fingerprint density at radius 1 is 0.944 bits per heavy atom. The van der Waals surface area contributed by atoms with Crippen LogP contribution in [0.1, 0.15) is 32.6 Å². The Labute approximate surface area is 213 Å². The van der Waals surface area contributed by atoms with Gasteiger partial charge in [0, 0.05) is 24.1 Å². The quantitative estimate of drug-likeness (QED) is 0.262. The van der Waals surface area contributed by atoms with Crippen molar-refractivity contribution in [3.63, 3.8) is 0 Å². The maximum absolute atomic E-state index is 14.1. The molecule has 5 nitrogen and oxygen atoms in total. The lowest BCUT2D eigenvalue weighted by Gasteiger charge is -2.10. The van der Waals surface area contributed by atoms with E-state index in [2.05, 4.69) is 10.3 Å². The molecule has 0 saturated heterocycles. The number of carbonyl (C=O) groups excluding carboxylic acids is 1.